The van der Waals surface area contributed by atoms with Crippen molar-refractivity contribution in [1.82, 2.24) is 4.90 Å². The molecule has 0 aromatic carbocycles. The van der Waals surface area contributed by atoms with Crippen molar-refractivity contribution in [2.45, 2.75) is 228 Å². The number of fused-ring (bicyclic) bond motifs is 5. The minimum Gasteiger partial charge on any atom is -0.379 e. The van der Waals surface area contributed by atoms with Gasteiger partial charge in [0, 0.05) is 19.7 Å². The maximum absolute atomic E-state index is 6.54. The number of unbranched alkanes of at least 4 members (excludes halogenated alkanes) is 9. The molecule has 0 spiro atoms. The van der Waals surface area contributed by atoms with E-state index in [4.69, 9.17) is 18.9 Å². The Labute approximate surface area is 397 Å². The van der Waals surface area contributed by atoms with Crippen molar-refractivity contribution >= 4 is 0 Å². The van der Waals surface area contributed by atoms with Crippen molar-refractivity contribution in [3.8, 4) is 0 Å². The van der Waals surface area contributed by atoms with Gasteiger partial charge >= 0.3 is 0 Å². The summed E-state index contributed by atoms with van der Waals surface area (Å²) in [5.74, 6) is 6.21. The van der Waals surface area contributed by atoms with E-state index in [-0.39, 0.29) is 6.10 Å². The molecule has 0 aromatic heterocycles. The van der Waals surface area contributed by atoms with Crippen LogP contribution in [-0.4, -0.2) is 76.4 Å². The van der Waals surface area contributed by atoms with Gasteiger partial charge in [-0.25, -0.2) is 0 Å². The average molecular weight is 892 g/mol. The maximum Gasteiger partial charge on any atom is 0.0936 e. The molecule has 0 amide bonds. The zero-order valence-corrected chi connectivity index (χ0v) is 43.4. The fourth-order valence-corrected chi connectivity index (χ4v) is 14.0. The zero-order chi connectivity index (χ0) is 45.5. The van der Waals surface area contributed by atoms with Gasteiger partial charge in [-0.3, -0.25) is 0 Å². The van der Waals surface area contributed by atoms with E-state index in [1.54, 1.807) is 5.57 Å². The molecule has 10 atom stereocenters. The number of allylic oxidation sites excluding steroid dienone is 5. The lowest BCUT2D eigenvalue weighted by atomic mass is 9.47. The number of ether oxygens (including phenoxy) is 4. The third-order valence-corrected chi connectivity index (χ3v) is 17.7. The molecule has 4 fully saturated rings. The van der Waals surface area contributed by atoms with Crippen LogP contribution in [0.5, 0.6) is 0 Å². The van der Waals surface area contributed by atoms with Crippen LogP contribution in [-0.2, 0) is 18.9 Å². The van der Waals surface area contributed by atoms with E-state index in [1.165, 1.54) is 161 Å². The lowest BCUT2D eigenvalue weighted by molar-refractivity contribution is -0.0731. The van der Waals surface area contributed by atoms with E-state index in [2.05, 4.69) is 83.7 Å². The monoisotopic (exact) mass is 892 g/mol. The molecule has 5 heteroatoms. The molecule has 5 aliphatic rings. The summed E-state index contributed by atoms with van der Waals surface area (Å²) in [5.41, 5.74) is 2.68. The number of likely N-dealkylation sites (tertiary alicyclic amines) is 1. The van der Waals surface area contributed by atoms with Gasteiger partial charge in [0.05, 0.1) is 45.2 Å². The van der Waals surface area contributed by atoms with Crippen LogP contribution in [0.4, 0.5) is 0 Å². The smallest absolute Gasteiger partial charge is 0.0936 e. The topological polar surface area (TPSA) is 40.2 Å². The quantitative estimate of drug-likeness (QED) is 0.0475. The standard InChI is InChI=1S/C59H105NO4/c1-8-10-11-12-13-14-15-16-17-18-19-20-21-22-23-24-39-62-47-53(46-60-38-35-50(45-60)26-9-2)64-43-41-61-40-42-63-52-33-36-58(6)51(44-52)29-30-54-56-32-31-55(49(5)28-25-27-48(3)4)59(56,7)37-34-57(54)58/h13-14,16-17,29,48-50,52-57H,8-12,15,18-28,30-47H2,1-7H3/b14-13-,17-16-/t49-,50?,52+,53?,54?,55-,56?,57?,58+,59-/m1/s1. The van der Waals surface area contributed by atoms with E-state index in [0.717, 1.165) is 73.8 Å². The lowest BCUT2D eigenvalue weighted by Crippen LogP contribution is -2.51. The number of nitrogens with zero attached hydrogens (tertiary/aromatic N) is 1. The molecule has 1 aliphatic heterocycles. The molecule has 0 bridgehead atoms. The molecule has 5 rings (SSSR count). The van der Waals surface area contributed by atoms with Gasteiger partial charge in [0.25, 0.3) is 0 Å². The molecule has 0 radical (unpaired) electrons. The predicted molar refractivity (Wildman–Crippen MR) is 273 cm³/mol. The van der Waals surface area contributed by atoms with Crippen molar-refractivity contribution < 1.29 is 18.9 Å². The zero-order valence-electron chi connectivity index (χ0n) is 43.4. The highest BCUT2D eigenvalue weighted by Gasteiger charge is 2.59. The Morgan fingerprint density at radius 2 is 1.48 bits per heavy atom. The van der Waals surface area contributed by atoms with Crippen molar-refractivity contribution in [3.05, 3.63) is 36.0 Å². The van der Waals surface area contributed by atoms with Gasteiger partial charge in [-0.05, 0) is 162 Å². The summed E-state index contributed by atoms with van der Waals surface area (Å²) in [5, 5.41) is 0. The lowest BCUT2D eigenvalue weighted by Gasteiger charge is -2.58. The fraction of sp³-hybridized carbons (Fsp3) is 0.898. The van der Waals surface area contributed by atoms with Gasteiger partial charge in [-0.1, -0.05) is 149 Å². The Balaban J connectivity index is 0.929. The van der Waals surface area contributed by atoms with Crippen LogP contribution >= 0.6 is 0 Å². The van der Waals surface area contributed by atoms with Crippen LogP contribution in [0.25, 0.3) is 0 Å². The molecular formula is C59H105NO4. The highest BCUT2D eigenvalue weighted by Crippen LogP contribution is 2.67. The SMILES string of the molecule is CCCCC/C=C\C/C=C\CCCCCCCCOCC(CN1CCC(CCC)C1)OCCOCCO[C@H]1CC[C@@]2(C)C(=CCC3C2CC[C@@]2(C)C3CC[C@@H]2[C@H](C)CCCC(C)C)C1. The third-order valence-electron chi connectivity index (χ3n) is 17.7. The highest BCUT2D eigenvalue weighted by molar-refractivity contribution is 5.25. The molecule has 5 nitrogen and oxygen atoms in total. The summed E-state index contributed by atoms with van der Waals surface area (Å²) < 4.78 is 25.4. The number of rotatable bonds is 34. The Bertz CT molecular complexity index is 1330. The first-order chi connectivity index (χ1) is 31.2. The molecule has 1 heterocycles. The molecule has 370 valence electrons. The Morgan fingerprint density at radius 1 is 0.719 bits per heavy atom. The molecule has 64 heavy (non-hydrogen) atoms. The van der Waals surface area contributed by atoms with Crippen molar-refractivity contribution in [3.63, 3.8) is 0 Å². The van der Waals surface area contributed by atoms with E-state index in [0.29, 0.717) is 50.0 Å². The number of hydrogen-bond acceptors (Lipinski definition) is 5. The van der Waals surface area contributed by atoms with E-state index < -0.39 is 0 Å². The van der Waals surface area contributed by atoms with Crippen LogP contribution in [0, 0.1) is 52.3 Å². The van der Waals surface area contributed by atoms with Gasteiger partial charge < -0.3 is 23.8 Å². The summed E-state index contributed by atoms with van der Waals surface area (Å²) in [6.45, 7) is 24.9. The fourth-order valence-electron chi connectivity index (χ4n) is 14.0. The van der Waals surface area contributed by atoms with Crippen LogP contribution < -0.4 is 0 Å². The van der Waals surface area contributed by atoms with E-state index in [9.17, 15) is 0 Å². The molecule has 0 aromatic rings. The van der Waals surface area contributed by atoms with Gasteiger partial charge in [0.1, 0.15) is 0 Å². The second-order valence-corrected chi connectivity index (χ2v) is 23.0. The first kappa shape index (κ1) is 54.0. The predicted octanol–water partition coefficient (Wildman–Crippen LogP) is 15.8. The minimum atomic E-state index is 0.112. The largest absolute Gasteiger partial charge is 0.379 e. The summed E-state index contributed by atoms with van der Waals surface area (Å²) in [6.07, 6.45) is 46.9. The maximum atomic E-state index is 6.54. The average Bonchev–Trinajstić information content (AvgIpc) is 3.88. The third kappa shape index (κ3) is 17.2. The normalized spacial score (nSPS) is 30.6. The summed E-state index contributed by atoms with van der Waals surface area (Å²) in [7, 11) is 0. The van der Waals surface area contributed by atoms with Crippen LogP contribution in [0.1, 0.15) is 215 Å². The molecule has 5 unspecified atom stereocenters. The second-order valence-electron chi connectivity index (χ2n) is 23.0. The summed E-state index contributed by atoms with van der Waals surface area (Å²) >= 11 is 0. The Kier molecular flexibility index (Phi) is 25.1. The van der Waals surface area contributed by atoms with Gasteiger partial charge in [-0.2, -0.15) is 0 Å². The second kappa shape index (κ2) is 29.8. The molecule has 1 saturated heterocycles. The molecular weight excluding hydrogens is 787 g/mol. The van der Waals surface area contributed by atoms with Crippen molar-refractivity contribution in [1.29, 1.82) is 0 Å². The van der Waals surface area contributed by atoms with Crippen molar-refractivity contribution in [2.24, 2.45) is 52.3 Å². The van der Waals surface area contributed by atoms with E-state index >= 15 is 0 Å². The summed E-state index contributed by atoms with van der Waals surface area (Å²) in [6, 6.07) is 0. The van der Waals surface area contributed by atoms with Crippen molar-refractivity contribution in [2.75, 3.05) is 59.3 Å². The van der Waals surface area contributed by atoms with Gasteiger partial charge in [0.15, 0.2) is 0 Å². The Morgan fingerprint density at radius 3 is 2.27 bits per heavy atom. The molecule has 4 aliphatic carbocycles. The van der Waals surface area contributed by atoms with Gasteiger partial charge in [-0.15, -0.1) is 0 Å². The first-order valence-electron chi connectivity index (χ1n) is 28.3. The van der Waals surface area contributed by atoms with Crippen LogP contribution in [0.2, 0.25) is 0 Å². The van der Waals surface area contributed by atoms with E-state index in [1.807, 2.05) is 0 Å². The molecule has 3 saturated carbocycles. The highest BCUT2D eigenvalue weighted by atomic mass is 16.6. The van der Waals surface area contributed by atoms with Crippen LogP contribution in [0.3, 0.4) is 0 Å². The minimum absolute atomic E-state index is 0.112. The van der Waals surface area contributed by atoms with Gasteiger partial charge in [0.2, 0.25) is 0 Å². The Hall–Kier alpha value is -0.980. The van der Waals surface area contributed by atoms with Crippen LogP contribution in [0.15, 0.2) is 36.0 Å². The summed E-state index contributed by atoms with van der Waals surface area (Å²) in [4.78, 5) is 2.62. The molecule has 0 N–H and O–H groups in total. The number of hydrogen-bond donors (Lipinski definition) is 0. The first-order valence-corrected chi connectivity index (χ1v) is 28.3.